The summed E-state index contributed by atoms with van der Waals surface area (Å²) in [5, 5.41) is 18.3. The normalized spacial score (nSPS) is 12.0. The third kappa shape index (κ3) is 5.77. The first-order chi connectivity index (χ1) is 34.7. The molecule has 0 bridgehead atoms. The fraction of sp³-hybridized carbons (Fsp3) is 0. The van der Waals surface area contributed by atoms with Gasteiger partial charge in [0.2, 0.25) is 0 Å². The van der Waals surface area contributed by atoms with Crippen LogP contribution in [0.15, 0.2) is 251 Å². The van der Waals surface area contributed by atoms with Gasteiger partial charge in [0.05, 0.1) is 16.8 Å². The Morgan fingerprint density at radius 2 is 0.657 bits per heavy atom. The van der Waals surface area contributed by atoms with E-state index < -0.39 is 0 Å². The molecule has 0 saturated heterocycles. The van der Waals surface area contributed by atoms with Gasteiger partial charge in [0.25, 0.3) is 0 Å². The lowest BCUT2D eigenvalue weighted by Crippen LogP contribution is -2.10. The molecule has 0 aliphatic heterocycles. The number of furan rings is 2. The highest BCUT2D eigenvalue weighted by molar-refractivity contribution is 6.27. The van der Waals surface area contributed by atoms with Crippen molar-refractivity contribution in [2.45, 2.75) is 0 Å². The monoisotopic (exact) mass is 892 g/mol. The predicted molar refractivity (Wildman–Crippen MR) is 295 cm³/mol. The summed E-state index contributed by atoms with van der Waals surface area (Å²) in [6, 6.07) is 87.4. The predicted octanol–water partition coefficient (Wildman–Crippen LogP) is 19.3. The van der Waals surface area contributed by atoms with E-state index >= 15 is 0 Å². The van der Waals surface area contributed by atoms with Crippen LogP contribution >= 0.6 is 0 Å². The van der Waals surface area contributed by atoms with E-state index in [0.717, 1.165) is 99.5 Å². The second-order valence-electron chi connectivity index (χ2n) is 18.4. The van der Waals surface area contributed by atoms with Gasteiger partial charge in [-0.25, -0.2) is 0 Å². The summed E-state index contributed by atoms with van der Waals surface area (Å²) < 4.78 is 13.9. The molecule has 2 aromatic heterocycles. The average molecular weight is 893 g/mol. The lowest BCUT2D eigenvalue weighted by Gasteiger charge is -2.27. The van der Waals surface area contributed by atoms with E-state index in [-0.39, 0.29) is 0 Å². The van der Waals surface area contributed by atoms with Gasteiger partial charge in [-0.3, -0.25) is 0 Å². The van der Waals surface area contributed by atoms with Gasteiger partial charge >= 0.3 is 0 Å². The topological polar surface area (TPSA) is 32.8 Å². The zero-order valence-corrected chi connectivity index (χ0v) is 37.8. The van der Waals surface area contributed by atoms with Crippen LogP contribution in [0.25, 0.3) is 109 Å². The summed E-state index contributed by atoms with van der Waals surface area (Å²) in [4.78, 5) is 4.74. The van der Waals surface area contributed by atoms with Gasteiger partial charge in [0.15, 0.2) is 0 Å². The molecule has 0 amide bonds. The number of nitrogens with zero attached hydrogens (tertiary/aromatic N) is 2. The van der Waals surface area contributed by atoms with Crippen molar-refractivity contribution >= 4 is 143 Å². The molecule has 0 aliphatic rings. The van der Waals surface area contributed by atoms with Crippen LogP contribution in [0.3, 0.4) is 0 Å². The first-order valence-electron chi connectivity index (χ1n) is 23.9. The number of hydrogen-bond acceptors (Lipinski definition) is 4. The molecule has 13 aromatic carbocycles. The van der Waals surface area contributed by atoms with Crippen LogP contribution in [0.5, 0.6) is 0 Å². The zero-order valence-electron chi connectivity index (χ0n) is 37.8. The number of para-hydroxylation sites is 2. The van der Waals surface area contributed by atoms with E-state index in [4.69, 9.17) is 8.83 Å². The maximum atomic E-state index is 7.06. The molecule has 0 atom stereocenters. The third-order valence-corrected chi connectivity index (χ3v) is 14.6. The van der Waals surface area contributed by atoms with Crippen LogP contribution in [0.1, 0.15) is 0 Å². The van der Waals surface area contributed by atoms with Crippen molar-refractivity contribution in [1.29, 1.82) is 0 Å². The fourth-order valence-corrected chi connectivity index (χ4v) is 11.4. The van der Waals surface area contributed by atoms with Crippen LogP contribution in [0, 0.1) is 0 Å². The quantitative estimate of drug-likeness (QED) is 0.156. The number of fused-ring (bicyclic) bond motifs is 17. The highest BCUT2D eigenvalue weighted by atomic mass is 16.3. The molecule has 4 heteroatoms. The van der Waals surface area contributed by atoms with Gasteiger partial charge in [-0.2, -0.15) is 0 Å². The van der Waals surface area contributed by atoms with Gasteiger partial charge in [0, 0.05) is 60.5 Å². The first kappa shape index (κ1) is 38.7. The Balaban J connectivity index is 0.861. The van der Waals surface area contributed by atoms with Crippen molar-refractivity contribution in [1.82, 2.24) is 0 Å². The van der Waals surface area contributed by atoms with E-state index in [1.54, 1.807) is 0 Å². The second-order valence-corrected chi connectivity index (χ2v) is 18.4. The Kier molecular flexibility index (Phi) is 8.33. The highest BCUT2D eigenvalue weighted by Crippen LogP contribution is 2.47. The molecule has 2 heterocycles. The summed E-state index contributed by atoms with van der Waals surface area (Å²) in [5.41, 5.74) is 9.96. The van der Waals surface area contributed by atoms with Crippen molar-refractivity contribution in [3.05, 3.63) is 243 Å². The van der Waals surface area contributed by atoms with Crippen LogP contribution in [-0.2, 0) is 0 Å². The summed E-state index contributed by atoms with van der Waals surface area (Å²) in [7, 11) is 0. The molecule has 15 aromatic rings. The van der Waals surface area contributed by atoms with Gasteiger partial charge in [-0.05, 0) is 140 Å². The first-order valence-corrected chi connectivity index (χ1v) is 23.9. The van der Waals surface area contributed by atoms with Crippen molar-refractivity contribution in [2.75, 3.05) is 9.80 Å². The number of anilines is 6. The van der Waals surface area contributed by atoms with Crippen molar-refractivity contribution < 1.29 is 8.83 Å². The van der Waals surface area contributed by atoms with Crippen LogP contribution in [0.4, 0.5) is 34.1 Å². The second kappa shape index (κ2) is 15.1. The molecule has 0 aliphatic carbocycles. The van der Waals surface area contributed by atoms with Crippen LogP contribution in [0.2, 0.25) is 0 Å². The lowest BCUT2D eigenvalue weighted by molar-refractivity contribution is 0.666. The lowest BCUT2D eigenvalue weighted by atomic mass is 9.99. The van der Waals surface area contributed by atoms with Gasteiger partial charge < -0.3 is 18.6 Å². The number of hydrogen-bond donors (Lipinski definition) is 0. The van der Waals surface area contributed by atoms with Gasteiger partial charge in [-0.1, -0.05) is 146 Å². The minimum absolute atomic E-state index is 0.806. The molecule has 0 unspecified atom stereocenters. The minimum atomic E-state index is 0.806. The Morgan fingerprint density at radius 3 is 1.23 bits per heavy atom. The van der Waals surface area contributed by atoms with Crippen molar-refractivity contribution in [3.63, 3.8) is 0 Å². The largest absolute Gasteiger partial charge is 0.455 e. The zero-order chi connectivity index (χ0) is 45.9. The molecule has 0 saturated carbocycles. The summed E-state index contributed by atoms with van der Waals surface area (Å²) >= 11 is 0. The molecule has 0 fully saturated rings. The van der Waals surface area contributed by atoms with Crippen LogP contribution in [-0.4, -0.2) is 0 Å². The SMILES string of the molecule is c1ccc(N(c2ccc3c(ccc4c5ccc6oc7c8ccc(N(c9ccccc9)c9cccc%10c9ccc9ccccc9%10)cc8ccc7c6c5oc34)c2)c2cccc3c2ccc2ccccc23)cc1. The Morgan fingerprint density at radius 1 is 0.229 bits per heavy atom. The standard InChI is InChI=1S/C66H40N2O2/c1-3-15-45(16-4-1)67(60-23-11-21-53-49-19-9-7-13-41(49)25-31-55(53)60)47-29-35-51-43(39-47)27-33-57-58-37-38-62-63(66(58)70-64(51)57)59-34-28-44-40-48(30-36-52(44)65(59)69-62)68(46-17-5-2-6-18-46)61-24-12-22-54-50-20-10-8-14-42(50)26-32-56(54)61/h1-40H. The van der Waals surface area contributed by atoms with Crippen molar-refractivity contribution in [2.24, 2.45) is 0 Å². The van der Waals surface area contributed by atoms with Gasteiger partial charge in [-0.15, -0.1) is 0 Å². The van der Waals surface area contributed by atoms with E-state index in [1.807, 2.05) is 0 Å². The fourth-order valence-electron chi connectivity index (χ4n) is 11.4. The third-order valence-electron chi connectivity index (χ3n) is 14.6. The Labute approximate surface area is 402 Å². The molecule has 4 nitrogen and oxygen atoms in total. The summed E-state index contributed by atoms with van der Waals surface area (Å²) in [5.74, 6) is 0. The van der Waals surface area contributed by atoms with E-state index in [2.05, 4.69) is 252 Å². The van der Waals surface area contributed by atoms with E-state index in [1.165, 1.54) is 43.1 Å². The maximum Gasteiger partial charge on any atom is 0.147 e. The highest BCUT2D eigenvalue weighted by Gasteiger charge is 2.22. The molecule has 0 radical (unpaired) electrons. The maximum absolute atomic E-state index is 7.06. The number of rotatable bonds is 6. The molecule has 70 heavy (non-hydrogen) atoms. The minimum Gasteiger partial charge on any atom is -0.455 e. The molecular weight excluding hydrogens is 853 g/mol. The van der Waals surface area contributed by atoms with Crippen molar-refractivity contribution in [3.8, 4) is 0 Å². The molecular formula is C66H40N2O2. The van der Waals surface area contributed by atoms with E-state index in [0.29, 0.717) is 0 Å². The smallest absolute Gasteiger partial charge is 0.147 e. The van der Waals surface area contributed by atoms with Gasteiger partial charge in [0.1, 0.15) is 22.3 Å². The number of benzene rings is 13. The Hall–Kier alpha value is -9.38. The summed E-state index contributed by atoms with van der Waals surface area (Å²) in [6.07, 6.45) is 0. The summed E-state index contributed by atoms with van der Waals surface area (Å²) in [6.45, 7) is 0. The molecule has 15 rings (SSSR count). The molecule has 0 N–H and O–H groups in total. The average Bonchev–Trinajstić information content (AvgIpc) is 4.01. The van der Waals surface area contributed by atoms with E-state index in [9.17, 15) is 0 Å². The molecule has 0 spiro atoms. The molecule has 326 valence electrons. The van der Waals surface area contributed by atoms with Crippen LogP contribution < -0.4 is 9.80 Å². The Bertz CT molecular complexity index is 4610.